The van der Waals surface area contributed by atoms with Gasteiger partial charge in [-0.3, -0.25) is 4.79 Å². The number of rotatable bonds is 10. The number of carbonyl (C=O) groups excluding carboxylic acids is 2. The van der Waals surface area contributed by atoms with E-state index in [2.05, 4.69) is 0 Å². The number of primary amides is 1. The van der Waals surface area contributed by atoms with Crippen LogP contribution in [-0.4, -0.2) is 35.1 Å². The summed E-state index contributed by atoms with van der Waals surface area (Å²) in [6.45, 7) is -0.0190. The Balaban J connectivity index is 1.55. The molecule has 0 saturated heterocycles. The molecular formula is C23H26Cl3NO4S. The van der Waals surface area contributed by atoms with E-state index in [1.807, 2.05) is 18.2 Å². The summed E-state index contributed by atoms with van der Waals surface area (Å²) in [7, 11) is 0. The molecule has 1 heterocycles. The van der Waals surface area contributed by atoms with Gasteiger partial charge in [-0.1, -0.05) is 23.2 Å². The zero-order valence-electron chi connectivity index (χ0n) is 17.4. The second-order valence-electron chi connectivity index (χ2n) is 8.12. The first-order valence-electron chi connectivity index (χ1n) is 10.5. The van der Waals surface area contributed by atoms with Gasteiger partial charge < -0.3 is 15.6 Å². The first kappa shape index (κ1) is 25.3. The second kappa shape index (κ2) is 11.7. The van der Waals surface area contributed by atoms with E-state index in [4.69, 9.17) is 45.3 Å². The summed E-state index contributed by atoms with van der Waals surface area (Å²) in [6, 6.07) is 9.15. The Hall–Kier alpha value is -1.31. The molecule has 0 bridgehead atoms. The Labute approximate surface area is 206 Å². The van der Waals surface area contributed by atoms with Gasteiger partial charge in [0.15, 0.2) is 0 Å². The van der Waals surface area contributed by atoms with Crippen molar-refractivity contribution in [3.63, 3.8) is 0 Å². The van der Waals surface area contributed by atoms with Crippen LogP contribution >= 0.6 is 46.1 Å². The predicted molar refractivity (Wildman–Crippen MR) is 129 cm³/mol. The second-order valence-corrected chi connectivity index (χ2v) is 10.7. The summed E-state index contributed by atoms with van der Waals surface area (Å²) in [6.07, 6.45) is 3.30. The number of aliphatic hydroxyl groups is 1. The van der Waals surface area contributed by atoms with Crippen LogP contribution in [0.5, 0.6) is 0 Å². The maximum Gasteiger partial charge on any atom is 0.348 e. The lowest BCUT2D eigenvalue weighted by Gasteiger charge is -2.23. The fraction of sp³-hybridized carbons (Fsp3) is 0.478. The molecule has 1 aliphatic rings. The molecule has 3 N–H and O–H groups in total. The number of aliphatic hydroxyl groups excluding tert-OH is 1. The molecular weight excluding hydrogens is 493 g/mol. The van der Waals surface area contributed by atoms with Crippen molar-refractivity contribution < 1.29 is 19.4 Å². The van der Waals surface area contributed by atoms with E-state index < -0.39 is 18.0 Å². The van der Waals surface area contributed by atoms with E-state index in [0.717, 1.165) is 36.1 Å². The Morgan fingerprint density at radius 2 is 1.78 bits per heavy atom. The highest BCUT2D eigenvalue weighted by molar-refractivity contribution is 7.13. The fourth-order valence-corrected chi connectivity index (χ4v) is 6.25. The molecule has 1 saturated carbocycles. The lowest BCUT2D eigenvalue weighted by atomic mass is 9.85. The minimum atomic E-state index is -0.507. The molecule has 1 aliphatic carbocycles. The predicted octanol–water partition coefficient (Wildman–Crippen LogP) is 5.26. The average Bonchev–Trinajstić information content (AvgIpc) is 3.27. The Morgan fingerprint density at radius 1 is 1.09 bits per heavy atom. The van der Waals surface area contributed by atoms with Crippen LogP contribution in [0.2, 0.25) is 10.0 Å². The number of halogens is 3. The zero-order chi connectivity index (χ0) is 23.3. The molecule has 1 aromatic carbocycles. The van der Waals surface area contributed by atoms with Crippen LogP contribution in [-0.2, 0) is 22.4 Å². The van der Waals surface area contributed by atoms with Crippen LogP contribution < -0.4 is 5.73 Å². The molecule has 3 rings (SSSR count). The molecule has 2 aromatic rings. The Kier molecular flexibility index (Phi) is 9.26. The third-order valence-electron chi connectivity index (χ3n) is 5.83. The number of thiophene rings is 1. The lowest BCUT2D eigenvalue weighted by molar-refractivity contribution is -0.118. The SMILES string of the molecule is NC(=O)CCOC(=O)c1ccc(CC[C@@H]2[C@@H](CCc3cc(Cl)cc(Cl)c3)[C@H](O)C[C@H]2Cl)s1. The van der Waals surface area contributed by atoms with Crippen molar-refractivity contribution >= 4 is 58.0 Å². The first-order valence-corrected chi connectivity index (χ1v) is 12.5. The third-order valence-corrected chi connectivity index (χ3v) is 7.90. The summed E-state index contributed by atoms with van der Waals surface area (Å²) in [5.74, 6) is -0.693. The van der Waals surface area contributed by atoms with Crippen LogP contribution in [0.25, 0.3) is 0 Å². The molecule has 5 nitrogen and oxygen atoms in total. The minimum Gasteiger partial charge on any atom is -0.461 e. The minimum absolute atomic E-state index is 0.00781. The van der Waals surface area contributed by atoms with Gasteiger partial charge in [0.2, 0.25) is 5.91 Å². The van der Waals surface area contributed by atoms with Gasteiger partial charge in [-0.15, -0.1) is 22.9 Å². The monoisotopic (exact) mass is 517 g/mol. The van der Waals surface area contributed by atoms with Crippen LogP contribution in [0.4, 0.5) is 0 Å². The number of alkyl halides is 1. The zero-order valence-corrected chi connectivity index (χ0v) is 20.5. The molecule has 1 fully saturated rings. The van der Waals surface area contributed by atoms with Gasteiger partial charge in [0.25, 0.3) is 0 Å². The van der Waals surface area contributed by atoms with Crippen molar-refractivity contribution in [1.82, 2.24) is 0 Å². The number of amides is 1. The smallest absolute Gasteiger partial charge is 0.348 e. The summed E-state index contributed by atoms with van der Waals surface area (Å²) < 4.78 is 5.07. The highest BCUT2D eigenvalue weighted by Gasteiger charge is 2.40. The molecule has 1 amide bonds. The van der Waals surface area contributed by atoms with Crippen molar-refractivity contribution in [2.45, 2.75) is 50.0 Å². The van der Waals surface area contributed by atoms with Crippen molar-refractivity contribution in [1.29, 1.82) is 0 Å². The third kappa shape index (κ3) is 7.09. The standard InChI is InChI=1S/C23H26Cl3NO4S/c24-14-9-13(10-15(25)11-14)1-4-18-17(19(26)12-20(18)28)5-2-16-3-6-21(32-16)23(30)31-8-7-22(27)29/h3,6,9-11,17-20,28H,1-2,4-5,7-8,12H2,(H2,27,29)/t17-,18-,19-,20-/m1/s1. The van der Waals surface area contributed by atoms with Gasteiger partial charge in [0.05, 0.1) is 12.5 Å². The number of nitrogens with two attached hydrogens (primary N) is 1. The van der Waals surface area contributed by atoms with Crippen LogP contribution in [0.1, 0.15) is 45.8 Å². The van der Waals surface area contributed by atoms with Gasteiger partial charge in [-0.05, 0) is 79.8 Å². The molecule has 1 aromatic heterocycles. The topological polar surface area (TPSA) is 89.6 Å². The van der Waals surface area contributed by atoms with Crippen molar-refractivity contribution in [3.05, 3.63) is 55.7 Å². The lowest BCUT2D eigenvalue weighted by Crippen LogP contribution is -2.22. The highest BCUT2D eigenvalue weighted by Crippen LogP contribution is 2.42. The highest BCUT2D eigenvalue weighted by atomic mass is 35.5. The summed E-state index contributed by atoms with van der Waals surface area (Å²) in [5, 5.41) is 11.7. The van der Waals surface area contributed by atoms with E-state index in [0.29, 0.717) is 21.3 Å². The van der Waals surface area contributed by atoms with Gasteiger partial charge >= 0.3 is 5.97 Å². The summed E-state index contributed by atoms with van der Waals surface area (Å²) in [4.78, 5) is 24.4. The maximum atomic E-state index is 12.1. The van der Waals surface area contributed by atoms with Gasteiger partial charge in [-0.2, -0.15) is 0 Å². The summed E-state index contributed by atoms with van der Waals surface area (Å²) >= 11 is 20.2. The molecule has 0 aliphatic heterocycles. The molecule has 9 heteroatoms. The van der Waals surface area contributed by atoms with E-state index in [1.54, 1.807) is 12.1 Å². The van der Waals surface area contributed by atoms with Gasteiger partial charge in [0, 0.05) is 20.3 Å². The van der Waals surface area contributed by atoms with Crippen LogP contribution in [0.15, 0.2) is 30.3 Å². The quantitative estimate of drug-likeness (QED) is 0.332. The number of esters is 1. The average molecular weight is 519 g/mol. The summed E-state index contributed by atoms with van der Waals surface area (Å²) in [5.41, 5.74) is 6.10. The molecule has 4 atom stereocenters. The van der Waals surface area contributed by atoms with Gasteiger partial charge in [0.1, 0.15) is 11.5 Å². The number of ether oxygens (including phenoxy) is 1. The van der Waals surface area contributed by atoms with E-state index in [9.17, 15) is 14.7 Å². The van der Waals surface area contributed by atoms with E-state index >= 15 is 0 Å². The number of hydrogen-bond donors (Lipinski definition) is 2. The van der Waals surface area contributed by atoms with Crippen LogP contribution in [0.3, 0.4) is 0 Å². The largest absolute Gasteiger partial charge is 0.461 e. The number of hydrogen-bond acceptors (Lipinski definition) is 5. The van der Waals surface area contributed by atoms with Gasteiger partial charge in [-0.25, -0.2) is 4.79 Å². The molecule has 0 spiro atoms. The normalized spacial score (nSPS) is 22.8. The van der Waals surface area contributed by atoms with E-state index in [1.165, 1.54) is 11.3 Å². The molecule has 174 valence electrons. The first-order chi connectivity index (χ1) is 15.2. The van der Waals surface area contributed by atoms with Crippen LogP contribution in [0, 0.1) is 11.8 Å². The fourth-order valence-electron chi connectivity index (χ4n) is 4.27. The maximum absolute atomic E-state index is 12.1. The van der Waals surface area contributed by atoms with Crippen molar-refractivity contribution in [3.8, 4) is 0 Å². The van der Waals surface area contributed by atoms with Crippen molar-refractivity contribution in [2.75, 3.05) is 6.61 Å². The van der Waals surface area contributed by atoms with E-state index in [-0.39, 0.29) is 30.2 Å². The Morgan fingerprint density at radius 3 is 2.47 bits per heavy atom. The number of carbonyl (C=O) groups is 2. The number of benzene rings is 1. The van der Waals surface area contributed by atoms with Crippen molar-refractivity contribution in [2.24, 2.45) is 17.6 Å². The molecule has 32 heavy (non-hydrogen) atoms. The Bertz CT molecular complexity index is 931. The molecule has 0 radical (unpaired) electrons. The number of aryl methyl sites for hydroxylation is 2. The molecule has 0 unspecified atom stereocenters.